The largest absolute Gasteiger partial charge is 0.496 e. The molecule has 2 saturated heterocycles. The number of methoxy groups -OCH3 is 1. The van der Waals surface area contributed by atoms with Crippen LogP contribution in [-0.4, -0.2) is 95.9 Å². The second-order valence-electron chi connectivity index (χ2n) is 10.6. The molecule has 3 unspecified atom stereocenters. The maximum Gasteiger partial charge on any atom is 0.410 e. The summed E-state index contributed by atoms with van der Waals surface area (Å²) >= 11 is 0. The van der Waals surface area contributed by atoms with Gasteiger partial charge in [-0.3, -0.25) is 5.41 Å². The van der Waals surface area contributed by atoms with Crippen molar-refractivity contribution in [3.05, 3.63) is 29.3 Å². The first kappa shape index (κ1) is 27.9. The van der Waals surface area contributed by atoms with E-state index in [4.69, 9.17) is 24.9 Å². The molecular weight excluding hydrogens is 476 g/mol. The van der Waals surface area contributed by atoms with Gasteiger partial charge in [-0.15, -0.1) is 0 Å². The Morgan fingerprint density at radius 2 is 1.78 bits per heavy atom. The van der Waals surface area contributed by atoms with E-state index in [1.807, 2.05) is 34.6 Å². The summed E-state index contributed by atoms with van der Waals surface area (Å²) in [6, 6.07) is 4.63. The highest BCUT2D eigenvalue weighted by Gasteiger charge is 2.43. The molecule has 202 valence electrons. The normalized spacial score (nSPS) is 20.9. The van der Waals surface area contributed by atoms with E-state index in [2.05, 4.69) is 4.90 Å². The molecule has 0 aliphatic carbocycles. The lowest BCUT2D eigenvalue weighted by molar-refractivity contribution is 0.0278. The molecule has 0 radical (unpaired) electrons. The molecule has 0 aromatic heterocycles. The predicted molar refractivity (Wildman–Crippen MR) is 142 cm³/mol. The van der Waals surface area contributed by atoms with Crippen molar-refractivity contribution in [1.82, 2.24) is 14.7 Å². The van der Waals surface area contributed by atoms with Gasteiger partial charge in [0.1, 0.15) is 22.7 Å². The molecule has 37 heavy (non-hydrogen) atoms. The standard InChI is InChI=1S/C26H38N6O5/c1-16(18-8-9-22(36-7)21(10-18)23(33)34)28-24(29-17(2)30(6)15-27)31-11-19-13-32(14-20(19)12-31)25(35)37-26(3,4)5/h8-10,15-16,19-20,27H,11-14H2,1-7H3,(H,33,34). The minimum atomic E-state index is -1.07. The molecule has 2 aliphatic rings. The van der Waals surface area contributed by atoms with E-state index in [-0.39, 0.29) is 35.3 Å². The number of amides is 1. The van der Waals surface area contributed by atoms with Crippen LogP contribution < -0.4 is 4.74 Å². The third-order valence-corrected chi connectivity index (χ3v) is 6.63. The number of carboxylic acids is 1. The Bertz CT molecular complexity index is 1080. The first-order chi connectivity index (χ1) is 17.3. The first-order valence-corrected chi connectivity index (χ1v) is 12.3. The number of nitrogens with zero attached hydrogens (tertiary/aromatic N) is 5. The SMILES string of the molecule is COc1ccc(C(C)N=C(N=C(C)N(C)C=N)N2CC3CN(C(=O)OC(C)(C)C)CC3C2)cc1C(=O)O. The molecule has 2 heterocycles. The maximum absolute atomic E-state index is 12.6. The molecule has 1 amide bonds. The number of aliphatic imine (C=N–C) groups is 2. The van der Waals surface area contributed by atoms with Gasteiger partial charge in [0.05, 0.1) is 19.5 Å². The second-order valence-corrected chi connectivity index (χ2v) is 10.6. The quantitative estimate of drug-likeness (QED) is 0.454. The van der Waals surface area contributed by atoms with Gasteiger partial charge in [-0.1, -0.05) is 6.07 Å². The Kier molecular flexibility index (Phi) is 8.45. The number of guanidine groups is 1. The molecular formula is C26H38N6O5. The number of fused-ring (bicyclic) bond motifs is 1. The van der Waals surface area contributed by atoms with E-state index in [0.717, 1.165) is 5.56 Å². The van der Waals surface area contributed by atoms with Crippen LogP contribution in [0.1, 0.15) is 56.6 Å². The third kappa shape index (κ3) is 6.78. The molecule has 2 N–H and O–H groups in total. The van der Waals surface area contributed by atoms with Crippen molar-refractivity contribution < 1.29 is 24.2 Å². The van der Waals surface area contributed by atoms with Crippen LogP contribution in [0, 0.1) is 17.2 Å². The molecule has 3 rings (SSSR count). The van der Waals surface area contributed by atoms with Gasteiger partial charge in [0.15, 0.2) is 0 Å². The molecule has 11 heteroatoms. The number of nitrogens with one attached hydrogen (secondary N) is 1. The van der Waals surface area contributed by atoms with Crippen LogP contribution in [0.4, 0.5) is 4.79 Å². The lowest BCUT2D eigenvalue weighted by Crippen LogP contribution is -2.38. The highest BCUT2D eigenvalue weighted by Crippen LogP contribution is 2.33. The van der Waals surface area contributed by atoms with Gasteiger partial charge in [0.2, 0.25) is 5.96 Å². The predicted octanol–water partition coefficient (Wildman–Crippen LogP) is 3.57. The summed E-state index contributed by atoms with van der Waals surface area (Å²) in [6.45, 7) is 11.9. The second kappa shape index (κ2) is 11.2. The minimum absolute atomic E-state index is 0.0739. The number of hydrogen-bond acceptors (Lipinski definition) is 6. The van der Waals surface area contributed by atoms with Gasteiger partial charge >= 0.3 is 12.1 Å². The van der Waals surface area contributed by atoms with Gasteiger partial charge < -0.3 is 29.3 Å². The molecule has 2 aliphatic heterocycles. The van der Waals surface area contributed by atoms with Crippen LogP contribution in [0.15, 0.2) is 28.2 Å². The first-order valence-electron chi connectivity index (χ1n) is 12.3. The fraction of sp³-hybridized carbons (Fsp3) is 0.577. The fourth-order valence-electron chi connectivity index (χ4n) is 4.53. The molecule has 1 aromatic rings. The zero-order chi connectivity index (χ0) is 27.5. The van der Waals surface area contributed by atoms with Crippen LogP contribution in [0.3, 0.4) is 0 Å². The lowest BCUT2D eigenvalue weighted by Gasteiger charge is -2.26. The summed E-state index contributed by atoms with van der Waals surface area (Å²) < 4.78 is 10.7. The van der Waals surface area contributed by atoms with Crippen molar-refractivity contribution >= 4 is 30.2 Å². The van der Waals surface area contributed by atoms with Crippen molar-refractivity contribution in [1.29, 1.82) is 5.41 Å². The Hall–Kier alpha value is -3.63. The van der Waals surface area contributed by atoms with Crippen LogP contribution >= 0.6 is 0 Å². The van der Waals surface area contributed by atoms with E-state index >= 15 is 0 Å². The van der Waals surface area contributed by atoms with Gasteiger partial charge in [-0.05, 0) is 52.3 Å². The average molecular weight is 515 g/mol. The summed E-state index contributed by atoms with van der Waals surface area (Å²) in [4.78, 5) is 39.4. The number of rotatable bonds is 5. The smallest absolute Gasteiger partial charge is 0.410 e. The number of carboxylic acid groups (broad SMARTS) is 1. The van der Waals surface area contributed by atoms with Gasteiger partial charge in [0, 0.05) is 45.1 Å². The van der Waals surface area contributed by atoms with Crippen molar-refractivity contribution in [2.75, 3.05) is 40.3 Å². The number of hydrogen-bond donors (Lipinski definition) is 2. The van der Waals surface area contributed by atoms with Crippen LogP contribution in [0.2, 0.25) is 0 Å². The number of aromatic carboxylic acids is 1. The highest BCUT2D eigenvalue weighted by atomic mass is 16.6. The highest BCUT2D eigenvalue weighted by molar-refractivity contribution is 5.99. The zero-order valence-electron chi connectivity index (χ0n) is 22.7. The molecule has 1 aromatic carbocycles. The Balaban J connectivity index is 1.84. The van der Waals surface area contributed by atoms with E-state index in [0.29, 0.717) is 38.0 Å². The third-order valence-electron chi connectivity index (χ3n) is 6.63. The topological polar surface area (TPSA) is 131 Å². The number of carbonyl (C=O) groups excluding carboxylic acids is 1. The minimum Gasteiger partial charge on any atom is -0.496 e. The summed E-state index contributed by atoms with van der Waals surface area (Å²) in [6.07, 6.45) is 0.895. The molecule has 0 spiro atoms. The van der Waals surface area contributed by atoms with Crippen LogP contribution in [0.25, 0.3) is 0 Å². The summed E-state index contributed by atoms with van der Waals surface area (Å²) in [5.41, 5.74) is 0.260. The lowest BCUT2D eigenvalue weighted by atomic mass is 10.0. The molecule has 0 saturated carbocycles. The van der Waals surface area contributed by atoms with Gasteiger partial charge in [-0.2, -0.15) is 0 Å². The summed E-state index contributed by atoms with van der Waals surface area (Å²) in [5.74, 6) is 0.876. The van der Waals surface area contributed by atoms with Crippen molar-refractivity contribution in [3.63, 3.8) is 0 Å². The zero-order valence-corrected chi connectivity index (χ0v) is 22.7. The van der Waals surface area contributed by atoms with Crippen molar-refractivity contribution in [3.8, 4) is 5.75 Å². The van der Waals surface area contributed by atoms with Crippen LogP contribution in [-0.2, 0) is 4.74 Å². The van der Waals surface area contributed by atoms with Crippen molar-refractivity contribution in [2.24, 2.45) is 21.8 Å². The van der Waals surface area contributed by atoms with Gasteiger partial charge in [0.25, 0.3) is 0 Å². The number of amidine groups is 1. The van der Waals surface area contributed by atoms with Crippen molar-refractivity contribution in [2.45, 2.75) is 46.3 Å². The Labute approximate surface area is 218 Å². The molecule has 11 nitrogen and oxygen atoms in total. The van der Waals surface area contributed by atoms with E-state index < -0.39 is 11.6 Å². The molecule has 2 fully saturated rings. The van der Waals surface area contributed by atoms with E-state index in [1.165, 1.54) is 13.4 Å². The van der Waals surface area contributed by atoms with E-state index in [1.54, 1.807) is 35.0 Å². The average Bonchev–Trinajstić information content (AvgIpc) is 3.41. The monoisotopic (exact) mass is 514 g/mol. The summed E-state index contributed by atoms with van der Waals surface area (Å²) in [5, 5.41) is 17.1. The number of benzene rings is 1. The van der Waals surface area contributed by atoms with E-state index in [9.17, 15) is 14.7 Å². The van der Waals surface area contributed by atoms with Crippen LogP contribution in [0.5, 0.6) is 5.75 Å². The number of carbonyl (C=O) groups is 2. The Morgan fingerprint density at radius 1 is 1.19 bits per heavy atom. The molecule has 3 atom stereocenters. The fourth-order valence-corrected chi connectivity index (χ4v) is 4.53. The Morgan fingerprint density at radius 3 is 2.30 bits per heavy atom. The summed E-state index contributed by atoms with van der Waals surface area (Å²) in [7, 11) is 3.18. The van der Waals surface area contributed by atoms with Gasteiger partial charge in [-0.25, -0.2) is 19.6 Å². The molecule has 0 bridgehead atoms. The number of likely N-dealkylation sites (tertiary alicyclic amines) is 2. The maximum atomic E-state index is 12.6. The number of ether oxygens (including phenoxy) is 2.